The van der Waals surface area contributed by atoms with Crippen LogP contribution in [0.1, 0.15) is 0 Å². The average molecular weight is 371 g/mol. The fourth-order valence-electron chi connectivity index (χ4n) is 2.71. The summed E-state index contributed by atoms with van der Waals surface area (Å²) in [7, 11) is 0. The van der Waals surface area contributed by atoms with E-state index in [2.05, 4.69) is 4.98 Å². The summed E-state index contributed by atoms with van der Waals surface area (Å²) in [6, 6.07) is 16.9. The summed E-state index contributed by atoms with van der Waals surface area (Å²) in [5.74, 6) is 0. The first-order valence-corrected chi connectivity index (χ1v) is 8.90. The van der Waals surface area contributed by atoms with Gasteiger partial charge in [0.25, 0.3) is 5.56 Å². The molecule has 24 heavy (non-hydrogen) atoms. The lowest BCUT2D eigenvalue weighted by Gasteiger charge is -2.08. The molecule has 118 valence electrons. The molecule has 0 aliphatic rings. The number of aromatic nitrogens is 2. The molecule has 2 aromatic carbocycles. The molecule has 0 unspecified atom stereocenters. The Morgan fingerprint density at radius 2 is 1.71 bits per heavy atom. The highest BCUT2D eigenvalue weighted by molar-refractivity contribution is 7.71. The van der Waals surface area contributed by atoms with Crippen LogP contribution < -0.4 is 5.56 Å². The Morgan fingerprint density at radius 1 is 1.00 bits per heavy atom. The Hall–Kier alpha value is -2.21. The van der Waals surface area contributed by atoms with Crippen molar-refractivity contribution in [2.75, 3.05) is 0 Å². The standard InChI is InChI=1S/C18H11ClN2OS2/c19-14-9-5-4-8-12(14)13-10-24-16-15(13)17(22)21(18(23)20-16)11-6-2-1-3-7-11/h1-10H,(H,20,23). The van der Waals surface area contributed by atoms with Crippen molar-refractivity contribution in [3.05, 3.63) is 80.1 Å². The van der Waals surface area contributed by atoms with E-state index >= 15 is 0 Å². The SMILES string of the molecule is O=c1c2c(-c3ccccc3Cl)csc2[nH]c(=S)n1-c1ccccc1. The fourth-order valence-corrected chi connectivity index (χ4v) is 4.25. The number of halogens is 1. The molecule has 0 amide bonds. The number of thiophene rings is 1. The van der Waals surface area contributed by atoms with Gasteiger partial charge >= 0.3 is 0 Å². The summed E-state index contributed by atoms with van der Waals surface area (Å²) in [6.07, 6.45) is 0. The van der Waals surface area contributed by atoms with Crippen LogP contribution in [-0.4, -0.2) is 9.55 Å². The average Bonchev–Trinajstić information content (AvgIpc) is 3.00. The molecule has 0 atom stereocenters. The minimum Gasteiger partial charge on any atom is -0.323 e. The maximum absolute atomic E-state index is 13.2. The van der Waals surface area contributed by atoms with Crippen LogP contribution in [-0.2, 0) is 0 Å². The molecular weight excluding hydrogens is 360 g/mol. The van der Waals surface area contributed by atoms with E-state index in [1.54, 1.807) is 0 Å². The number of hydrogen-bond acceptors (Lipinski definition) is 3. The molecule has 0 fully saturated rings. The molecule has 1 N–H and O–H groups in total. The van der Waals surface area contributed by atoms with Gasteiger partial charge in [0.05, 0.1) is 11.1 Å². The van der Waals surface area contributed by atoms with Gasteiger partial charge in [-0.2, -0.15) is 0 Å². The van der Waals surface area contributed by atoms with Gasteiger partial charge in [0.1, 0.15) is 4.83 Å². The Kier molecular flexibility index (Phi) is 3.84. The van der Waals surface area contributed by atoms with Gasteiger partial charge in [-0.1, -0.05) is 48.0 Å². The zero-order chi connectivity index (χ0) is 16.7. The van der Waals surface area contributed by atoms with E-state index in [0.29, 0.717) is 15.2 Å². The fraction of sp³-hybridized carbons (Fsp3) is 0. The lowest BCUT2D eigenvalue weighted by atomic mass is 10.1. The third-order valence-corrected chi connectivity index (χ3v) is 5.32. The van der Waals surface area contributed by atoms with Gasteiger partial charge in [0.15, 0.2) is 4.77 Å². The predicted octanol–water partition coefficient (Wildman–Crippen LogP) is 5.43. The molecule has 0 aliphatic carbocycles. The Labute approximate surface area is 151 Å². The molecule has 0 saturated heterocycles. The second kappa shape index (κ2) is 6.02. The Balaban J connectivity index is 2.09. The highest BCUT2D eigenvalue weighted by Crippen LogP contribution is 2.35. The summed E-state index contributed by atoms with van der Waals surface area (Å²) < 4.78 is 1.90. The highest BCUT2D eigenvalue weighted by Gasteiger charge is 2.16. The van der Waals surface area contributed by atoms with Crippen molar-refractivity contribution in [2.45, 2.75) is 0 Å². The summed E-state index contributed by atoms with van der Waals surface area (Å²) in [4.78, 5) is 17.1. The van der Waals surface area contributed by atoms with E-state index < -0.39 is 0 Å². The number of H-pyrrole nitrogens is 1. The van der Waals surface area contributed by atoms with E-state index in [0.717, 1.165) is 21.6 Å². The monoisotopic (exact) mass is 370 g/mol. The molecule has 0 radical (unpaired) electrons. The van der Waals surface area contributed by atoms with Crippen molar-refractivity contribution in [3.63, 3.8) is 0 Å². The van der Waals surface area contributed by atoms with Gasteiger partial charge in [-0.25, -0.2) is 0 Å². The van der Waals surface area contributed by atoms with Crippen molar-refractivity contribution in [1.29, 1.82) is 0 Å². The molecule has 0 aliphatic heterocycles. The molecule has 2 heterocycles. The van der Waals surface area contributed by atoms with Crippen LogP contribution in [0.3, 0.4) is 0 Å². The van der Waals surface area contributed by atoms with Crippen LogP contribution in [0, 0.1) is 4.77 Å². The van der Waals surface area contributed by atoms with E-state index in [-0.39, 0.29) is 5.56 Å². The highest BCUT2D eigenvalue weighted by atomic mass is 35.5. The Morgan fingerprint density at radius 3 is 2.46 bits per heavy atom. The molecule has 2 aromatic heterocycles. The third-order valence-electron chi connectivity index (χ3n) is 3.81. The number of rotatable bonds is 2. The summed E-state index contributed by atoms with van der Waals surface area (Å²) in [6.45, 7) is 0. The topological polar surface area (TPSA) is 37.8 Å². The van der Waals surface area contributed by atoms with Crippen molar-refractivity contribution < 1.29 is 0 Å². The molecule has 0 bridgehead atoms. The molecule has 6 heteroatoms. The summed E-state index contributed by atoms with van der Waals surface area (Å²) in [5, 5.41) is 3.16. The van der Waals surface area contributed by atoms with Gasteiger partial charge in [-0.05, 0) is 30.4 Å². The molecule has 3 nitrogen and oxygen atoms in total. The summed E-state index contributed by atoms with van der Waals surface area (Å²) in [5.41, 5.74) is 2.26. The maximum Gasteiger partial charge on any atom is 0.268 e. The largest absolute Gasteiger partial charge is 0.323 e. The lowest BCUT2D eigenvalue weighted by Crippen LogP contribution is -2.20. The minimum absolute atomic E-state index is 0.142. The quantitative estimate of drug-likeness (QED) is 0.478. The normalized spacial score (nSPS) is 11.0. The number of hydrogen-bond donors (Lipinski definition) is 1. The maximum atomic E-state index is 13.2. The lowest BCUT2D eigenvalue weighted by molar-refractivity contribution is 0.944. The van der Waals surface area contributed by atoms with E-state index in [9.17, 15) is 4.79 Å². The van der Waals surface area contributed by atoms with Crippen LogP contribution in [0.5, 0.6) is 0 Å². The van der Waals surface area contributed by atoms with Crippen molar-refractivity contribution >= 4 is 45.4 Å². The van der Waals surface area contributed by atoms with Crippen molar-refractivity contribution in [3.8, 4) is 16.8 Å². The van der Waals surface area contributed by atoms with Crippen LogP contribution in [0.15, 0.2) is 64.8 Å². The smallest absolute Gasteiger partial charge is 0.268 e. The molecule has 4 aromatic rings. The second-order valence-corrected chi connectivity index (χ2v) is 6.91. The number of nitrogens with one attached hydrogen (secondary N) is 1. The second-order valence-electron chi connectivity index (χ2n) is 5.24. The zero-order valence-corrected chi connectivity index (χ0v) is 14.7. The van der Waals surface area contributed by atoms with Gasteiger partial charge in [-0.15, -0.1) is 11.3 Å². The number of nitrogens with zero attached hydrogens (tertiary/aromatic N) is 1. The first-order chi connectivity index (χ1) is 11.7. The van der Waals surface area contributed by atoms with Gasteiger partial charge in [-0.3, -0.25) is 9.36 Å². The van der Waals surface area contributed by atoms with Gasteiger partial charge in [0, 0.05) is 21.5 Å². The van der Waals surface area contributed by atoms with Crippen LogP contribution in [0.2, 0.25) is 5.02 Å². The molecule has 0 spiro atoms. The van der Waals surface area contributed by atoms with Crippen LogP contribution >= 0.6 is 35.2 Å². The van der Waals surface area contributed by atoms with Gasteiger partial charge in [0.2, 0.25) is 0 Å². The Bertz CT molecular complexity index is 1160. The number of aromatic amines is 1. The summed E-state index contributed by atoms with van der Waals surface area (Å²) >= 11 is 13.2. The molecule has 4 rings (SSSR count). The predicted molar refractivity (Wildman–Crippen MR) is 103 cm³/mol. The van der Waals surface area contributed by atoms with Crippen LogP contribution in [0.25, 0.3) is 27.0 Å². The molecule has 0 saturated carbocycles. The van der Waals surface area contributed by atoms with Crippen molar-refractivity contribution in [1.82, 2.24) is 9.55 Å². The van der Waals surface area contributed by atoms with Crippen molar-refractivity contribution in [2.24, 2.45) is 0 Å². The number of benzene rings is 2. The zero-order valence-electron chi connectivity index (χ0n) is 12.3. The van der Waals surface area contributed by atoms with Crippen LogP contribution in [0.4, 0.5) is 0 Å². The first kappa shape index (κ1) is 15.3. The van der Waals surface area contributed by atoms with E-state index in [1.807, 2.05) is 60.0 Å². The van der Waals surface area contributed by atoms with E-state index in [4.69, 9.17) is 23.8 Å². The molecular formula is C18H11ClN2OS2. The third kappa shape index (κ3) is 2.41. The first-order valence-electron chi connectivity index (χ1n) is 7.23. The van der Waals surface area contributed by atoms with Gasteiger partial charge < -0.3 is 4.98 Å². The number of fused-ring (bicyclic) bond motifs is 1. The van der Waals surface area contributed by atoms with E-state index in [1.165, 1.54) is 15.9 Å². The minimum atomic E-state index is -0.142. The number of para-hydroxylation sites is 1.